The lowest BCUT2D eigenvalue weighted by molar-refractivity contribution is -0.124. The number of nitrogens with zero attached hydrogens (tertiary/aromatic N) is 1. The van der Waals surface area contributed by atoms with Gasteiger partial charge in [0.1, 0.15) is 5.92 Å². The maximum Gasteiger partial charge on any atom is 0.237 e. The molecule has 1 aliphatic carbocycles. The fourth-order valence-corrected chi connectivity index (χ4v) is 1.24. The van der Waals surface area contributed by atoms with Crippen LogP contribution >= 0.6 is 0 Å². The van der Waals surface area contributed by atoms with Crippen molar-refractivity contribution in [1.82, 2.24) is 5.32 Å². The fourth-order valence-electron chi connectivity index (χ4n) is 1.24. The summed E-state index contributed by atoms with van der Waals surface area (Å²) >= 11 is 0. The van der Waals surface area contributed by atoms with E-state index in [1.54, 1.807) is 0 Å². The van der Waals surface area contributed by atoms with Crippen molar-refractivity contribution in [3.8, 4) is 6.07 Å². The van der Waals surface area contributed by atoms with E-state index in [2.05, 4.69) is 5.32 Å². The van der Waals surface area contributed by atoms with E-state index in [0.29, 0.717) is 6.42 Å². The lowest BCUT2D eigenvalue weighted by atomic mass is 10.0. The molecule has 0 saturated heterocycles. The zero-order valence-electron chi connectivity index (χ0n) is 8.26. The Labute approximate surface area is 79.1 Å². The quantitative estimate of drug-likeness (QED) is 0.714. The van der Waals surface area contributed by atoms with Gasteiger partial charge in [-0.15, -0.1) is 0 Å². The van der Waals surface area contributed by atoms with Gasteiger partial charge < -0.3 is 5.32 Å². The minimum absolute atomic E-state index is 0.0000746. The van der Waals surface area contributed by atoms with Crippen LogP contribution in [0.4, 0.5) is 0 Å². The molecular formula is C10H16N2O. The first kappa shape index (κ1) is 10.0. The number of carbonyl (C=O) groups is 1. The SMILES string of the molecule is CCCC(C#N)C(=O)NC1(C)CC1. The highest BCUT2D eigenvalue weighted by atomic mass is 16.2. The van der Waals surface area contributed by atoms with Crippen LogP contribution in [-0.4, -0.2) is 11.4 Å². The van der Waals surface area contributed by atoms with Crippen LogP contribution in [0.1, 0.15) is 39.5 Å². The zero-order chi connectivity index (χ0) is 9.90. The number of rotatable bonds is 4. The Morgan fingerprint density at radius 3 is 2.69 bits per heavy atom. The summed E-state index contributed by atoms with van der Waals surface area (Å²) in [6, 6.07) is 2.04. The summed E-state index contributed by atoms with van der Waals surface area (Å²) in [4.78, 5) is 11.5. The second-order valence-electron chi connectivity index (χ2n) is 4.02. The molecule has 1 unspecified atom stereocenters. The molecule has 1 fully saturated rings. The van der Waals surface area contributed by atoms with Crippen LogP contribution in [0.15, 0.2) is 0 Å². The Kier molecular flexibility index (Phi) is 2.92. The molecule has 13 heavy (non-hydrogen) atoms. The van der Waals surface area contributed by atoms with E-state index in [0.717, 1.165) is 19.3 Å². The normalized spacial score (nSPS) is 20.1. The Morgan fingerprint density at radius 2 is 2.31 bits per heavy atom. The van der Waals surface area contributed by atoms with Crippen molar-refractivity contribution >= 4 is 5.91 Å². The number of amides is 1. The molecule has 0 heterocycles. The summed E-state index contributed by atoms with van der Waals surface area (Å²) in [5, 5.41) is 11.6. The number of hydrogen-bond donors (Lipinski definition) is 1. The zero-order valence-corrected chi connectivity index (χ0v) is 8.26. The highest BCUT2D eigenvalue weighted by Crippen LogP contribution is 2.34. The third-order valence-electron chi connectivity index (χ3n) is 2.47. The Hall–Kier alpha value is -1.04. The van der Waals surface area contributed by atoms with Crippen LogP contribution in [0.25, 0.3) is 0 Å². The summed E-state index contributed by atoms with van der Waals surface area (Å²) in [6.07, 6.45) is 3.63. The van der Waals surface area contributed by atoms with E-state index in [9.17, 15) is 4.79 Å². The van der Waals surface area contributed by atoms with Crippen molar-refractivity contribution in [1.29, 1.82) is 5.26 Å². The largest absolute Gasteiger partial charge is 0.350 e. The van der Waals surface area contributed by atoms with Crippen molar-refractivity contribution in [2.45, 2.75) is 45.1 Å². The molecule has 1 aliphatic rings. The van der Waals surface area contributed by atoms with E-state index in [1.807, 2.05) is 19.9 Å². The van der Waals surface area contributed by atoms with Crippen LogP contribution in [0.5, 0.6) is 0 Å². The number of hydrogen-bond acceptors (Lipinski definition) is 2. The van der Waals surface area contributed by atoms with Crippen molar-refractivity contribution in [3.63, 3.8) is 0 Å². The summed E-state index contributed by atoms with van der Waals surface area (Å²) in [5.74, 6) is -0.549. The van der Waals surface area contributed by atoms with Gasteiger partial charge in [-0.25, -0.2) is 0 Å². The van der Waals surface area contributed by atoms with Gasteiger partial charge in [0, 0.05) is 5.54 Å². The molecule has 3 heteroatoms. The maximum atomic E-state index is 11.5. The molecule has 1 amide bonds. The molecule has 0 bridgehead atoms. The van der Waals surface area contributed by atoms with Crippen LogP contribution in [0.2, 0.25) is 0 Å². The summed E-state index contributed by atoms with van der Waals surface area (Å²) in [5.41, 5.74) is -0.0000746. The number of nitriles is 1. The molecule has 1 atom stereocenters. The van der Waals surface area contributed by atoms with Gasteiger partial charge in [0.15, 0.2) is 0 Å². The molecule has 1 saturated carbocycles. The second kappa shape index (κ2) is 3.78. The van der Waals surface area contributed by atoms with Gasteiger partial charge in [0.2, 0.25) is 5.91 Å². The lowest BCUT2D eigenvalue weighted by Gasteiger charge is -2.14. The van der Waals surface area contributed by atoms with Crippen molar-refractivity contribution < 1.29 is 4.79 Å². The van der Waals surface area contributed by atoms with Crippen LogP contribution in [-0.2, 0) is 4.79 Å². The van der Waals surface area contributed by atoms with Crippen molar-refractivity contribution in [3.05, 3.63) is 0 Å². The molecule has 0 aromatic rings. The predicted octanol–water partition coefficient (Wildman–Crippen LogP) is 1.59. The van der Waals surface area contributed by atoms with Gasteiger partial charge >= 0.3 is 0 Å². The summed E-state index contributed by atoms with van der Waals surface area (Å²) in [7, 11) is 0. The molecule has 1 rings (SSSR count). The molecular weight excluding hydrogens is 164 g/mol. The third kappa shape index (κ3) is 2.73. The first-order valence-corrected chi connectivity index (χ1v) is 4.83. The van der Waals surface area contributed by atoms with E-state index in [4.69, 9.17) is 5.26 Å². The second-order valence-corrected chi connectivity index (χ2v) is 4.02. The van der Waals surface area contributed by atoms with Gasteiger partial charge in [-0.1, -0.05) is 13.3 Å². The fraction of sp³-hybridized carbons (Fsp3) is 0.800. The van der Waals surface area contributed by atoms with Gasteiger partial charge in [-0.2, -0.15) is 5.26 Å². The first-order valence-electron chi connectivity index (χ1n) is 4.83. The van der Waals surface area contributed by atoms with E-state index in [1.165, 1.54) is 0 Å². The molecule has 0 aliphatic heterocycles. The minimum atomic E-state index is -0.456. The lowest BCUT2D eigenvalue weighted by Crippen LogP contribution is -2.38. The van der Waals surface area contributed by atoms with E-state index < -0.39 is 5.92 Å². The molecule has 0 aromatic carbocycles. The van der Waals surface area contributed by atoms with Crippen molar-refractivity contribution in [2.75, 3.05) is 0 Å². The first-order chi connectivity index (χ1) is 6.11. The molecule has 0 spiro atoms. The Balaban J connectivity index is 2.41. The van der Waals surface area contributed by atoms with Crippen LogP contribution in [0, 0.1) is 17.2 Å². The molecule has 1 N–H and O–H groups in total. The Morgan fingerprint density at radius 1 is 1.69 bits per heavy atom. The number of carbonyl (C=O) groups excluding carboxylic acids is 1. The maximum absolute atomic E-state index is 11.5. The monoisotopic (exact) mass is 180 g/mol. The third-order valence-corrected chi connectivity index (χ3v) is 2.47. The smallest absolute Gasteiger partial charge is 0.237 e. The summed E-state index contributed by atoms with van der Waals surface area (Å²) in [6.45, 7) is 4.00. The topological polar surface area (TPSA) is 52.9 Å². The molecule has 0 radical (unpaired) electrons. The van der Waals surface area contributed by atoms with Gasteiger partial charge in [0.05, 0.1) is 6.07 Å². The van der Waals surface area contributed by atoms with Gasteiger partial charge in [-0.3, -0.25) is 4.79 Å². The Bertz CT molecular complexity index is 238. The van der Waals surface area contributed by atoms with Crippen LogP contribution < -0.4 is 5.32 Å². The predicted molar refractivity (Wildman–Crippen MR) is 49.8 cm³/mol. The van der Waals surface area contributed by atoms with Gasteiger partial charge in [-0.05, 0) is 26.2 Å². The average molecular weight is 180 g/mol. The van der Waals surface area contributed by atoms with Crippen molar-refractivity contribution in [2.24, 2.45) is 5.92 Å². The van der Waals surface area contributed by atoms with E-state index >= 15 is 0 Å². The molecule has 0 aromatic heterocycles. The summed E-state index contributed by atoms with van der Waals surface area (Å²) < 4.78 is 0. The number of nitrogens with one attached hydrogen (secondary N) is 1. The van der Waals surface area contributed by atoms with E-state index in [-0.39, 0.29) is 11.4 Å². The highest BCUT2D eigenvalue weighted by Gasteiger charge is 2.39. The van der Waals surface area contributed by atoms with Crippen LogP contribution in [0.3, 0.4) is 0 Å². The molecule has 3 nitrogen and oxygen atoms in total. The highest BCUT2D eigenvalue weighted by molar-refractivity contribution is 5.82. The standard InChI is InChI=1S/C10H16N2O/c1-3-4-8(7-11)9(13)12-10(2)5-6-10/h8H,3-6H2,1-2H3,(H,12,13). The minimum Gasteiger partial charge on any atom is -0.350 e. The van der Waals surface area contributed by atoms with Gasteiger partial charge in [0.25, 0.3) is 0 Å². The molecule has 72 valence electrons. The average Bonchev–Trinajstić information content (AvgIpc) is 2.78.